The highest BCUT2D eigenvalue weighted by atomic mass is 15.1. The molecule has 1 saturated heterocycles. The van der Waals surface area contributed by atoms with E-state index in [1.165, 1.54) is 44.5 Å². The highest BCUT2D eigenvalue weighted by Gasteiger charge is 2.15. The molecule has 0 saturated carbocycles. The Morgan fingerprint density at radius 2 is 2.11 bits per heavy atom. The fraction of sp³-hybridized carbons (Fsp3) is 0.750. The predicted octanol–water partition coefficient (Wildman–Crippen LogP) is 2.72. The van der Waals surface area contributed by atoms with Gasteiger partial charge in [-0.15, -0.1) is 0 Å². The van der Waals surface area contributed by atoms with Gasteiger partial charge >= 0.3 is 0 Å². The maximum absolute atomic E-state index is 3.61. The maximum Gasteiger partial charge on any atom is 0.0359 e. The molecule has 2 heterocycles. The molecule has 0 aliphatic carbocycles. The first-order valence-corrected chi connectivity index (χ1v) is 7.83. The zero-order chi connectivity index (χ0) is 13.5. The van der Waals surface area contributed by atoms with Crippen molar-refractivity contribution < 1.29 is 0 Å². The van der Waals surface area contributed by atoms with Crippen molar-refractivity contribution in [2.24, 2.45) is 5.92 Å². The number of nitrogens with zero attached hydrogens (tertiary/aromatic N) is 2. The second-order valence-electron chi connectivity index (χ2n) is 5.91. The summed E-state index contributed by atoms with van der Waals surface area (Å²) in [4.78, 5) is 2.45. The molecule has 0 radical (unpaired) electrons. The van der Waals surface area contributed by atoms with Gasteiger partial charge in [-0.3, -0.25) is 0 Å². The summed E-state index contributed by atoms with van der Waals surface area (Å²) in [5.41, 5.74) is 1.42. The minimum Gasteiger partial charge on any atom is -0.350 e. The van der Waals surface area contributed by atoms with Gasteiger partial charge in [0.25, 0.3) is 0 Å². The third-order valence-corrected chi connectivity index (χ3v) is 4.26. The highest BCUT2D eigenvalue weighted by molar-refractivity contribution is 5.06. The smallest absolute Gasteiger partial charge is 0.0359 e. The van der Waals surface area contributed by atoms with Crippen molar-refractivity contribution in [3.8, 4) is 0 Å². The van der Waals surface area contributed by atoms with Crippen molar-refractivity contribution in [2.75, 3.05) is 26.7 Å². The fourth-order valence-electron chi connectivity index (χ4n) is 2.94. The van der Waals surface area contributed by atoms with E-state index in [1.807, 2.05) is 0 Å². The molecule has 1 aliphatic heterocycles. The lowest BCUT2D eigenvalue weighted by molar-refractivity contribution is 0.211. The Bertz CT molecular complexity index is 351. The van der Waals surface area contributed by atoms with Crippen LogP contribution in [0, 0.1) is 5.92 Å². The van der Waals surface area contributed by atoms with Crippen LogP contribution in [0.2, 0.25) is 0 Å². The van der Waals surface area contributed by atoms with Crippen molar-refractivity contribution in [1.82, 2.24) is 14.8 Å². The molecular formula is C16H29N3. The number of nitrogens with one attached hydrogen (secondary N) is 1. The van der Waals surface area contributed by atoms with Crippen molar-refractivity contribution >= 4 is 0 Å². The Balaban J connectivity index is 1.62. The second-order valence-corrected chi connectivity index (χ2v) is 5.91. The minimum absolute atomic E-state index is 0.936. The Labute approximate surface area is 118 Å². The summed E-state index contributed by atoms with van der Waals surface area (Å²) in [6.45, 7) is 8.11. The second kappa shape index (κ2) is 7.71. The van der Waals surface area contributed by atoms with Crippen LogP contribution < -0.4 is 5.32 Å². The van der Waals surface area contributed by atoms with E-state index in [2.05, 4.69) is 47.1 Å². The van der Waals surface area contributed by atoms with Gasteiger partial charge < -0.3 is 14.8 Å². The van der Waals surface area contributed by atoms with Gasteiger partial charge in [-0.1, -0.05) is 6.92 Å². The SMILES string of the molecule is CCCn1cccc1CNCCC1CCN(C)CC1. The van der Waals surface area contributed by atoms with E-state index in [1.54, 1.807) is 0 Å². The van der Waals surface area contributed by atoms with Crippen LogP contribution in [0.3, 0.4) is 0 Å². The molecular weight excluding hydrogens is 234 g/mol. The summed E-state index contributed by atoms with van der Waals surface area (Å²) in [6, 6.07) is 4.39. The van der Waals surface area contributed by atoms with Gasteiger partial charge in [0, 0.05) is 25.0 Å². The van der Waals surface area contributed by atoms with Gasteiger partial charge in [0.2, 0.25) is 0 Å². The first-order chi connectivity index (χ1) is 9.29. The van der Waals surface area contributed by atoms with Crippen LogP contribution in [0.4, 0.5) is 0 Å². The van der Waals surface area contributed by atoms with Crippen LogP contribution in [-0.4, -0.2) is 36.1 Å². The average molecular weight is 263 g/mol. The summed E-state index contributed by atoms with van der Waals surface area (Å²) in [5, 5.41) is 3.61. The van der Waals surface area contributed by atoms with Crippen molar-refractivity contribution in [3.63, 3.8) is 0 Å². The number of likely N-dealkylation sites (tertiary alicyclic amines) is 1. The molecule has 19 heavy (non-hydrogen) atoms. The van der Waals surface area contributed by atoms with Crippen molar-refractivity contribution in [3.05, 3.63) is 24.0 Å². The Morgan fingerprint density at radius 1 is 1.32 bits per heavy atom. The number of rotatable bonds is 7. The summed E-state index contributed by atoms with van der Waals surface area (Å²) >= 11 is 0. The zero-order valence-electron chi connectivity index (χ0n) is 12.6. The van der Waals surface area contributed by atoms with Gasteiger partial charge in [-0.25, -0.2) is 0 Å². The molecule has 0 bridgehead atoms. The number of hydrogen-bond acceptors (Lipinski definition) is 2. The molecule has 108 valence electrons. The van der Waals surface area contributed by atoms with E-state index >= 15 is 0 Å². The number of piperidine rings is 1. The third-order valence-electron chi connectivity index (χ3n) is 4.26. The van der Waals surface area contributed by atoms with Gasteiger partial charge in [0.1, 0.15) is 0 Å². The lowest BCUT2D eigenvalue weighted by Crippen LogP contribution is -2.31. The van der Waals surface area contributed by atoms with E-state index in [-0.39, 0.29) is 0 Å². The lowest BCUT2D eigenvalue weighted by atomic mass is 9.94. The standard InChI is InChI=1S/C16H29N3/c1-3-10-19-11-4-5-16(19)14-17-9-6-15-7-12-18(2)13-8-15/h4-5,11,15,17H,3,6-10,12-14H2,1-2H3. The van der Waals surface area contributed by atoms with Crippen molar-refractivity contribution in [1.29, 1.82) is 0 Å². The van der Waals surface area contributed by atoms with E-state index in [0.29, 0.717) is 0 Å². The summed E-state index contributed by atoms with van der Waals surface area (Å²) < 4.78 is 2.36. The summed E-state index contributed by atoms with van der Waals surface area (Å²) in [6.07, 6.45) is 7.49. The molecule has 2 rings (SSSR count). The number of aromatic nitrogens is 1. The molecule has 0 spiro atoms. The zero-order valence-corrected chi connectivity index (χ0v) is 12.6. The van der Waals surface area contributed by atoms with Gasteiger partial charge in [-0.05, 0) is 70.4 Å². The third kappa shape index (κ3) is 4.66. The normalized spacial score (nSPS) is 18.0. The molecule has 1 N–H and O–H groups in total. The Morgan fingerprint density at radius 3 is 2.84 bits per heavy atom. The topological polar surface area (TPSA) is 20.2 Å². The molecule has 1 aromatic rings. The van der Waals surface area contributed by atoms with E-state index < -0.39 is 0 Å². The lowest BCUT2D eigenvalue weighted by Gasteiger charge is -2.28. The summed E-state index contributed by atoms with van der Waals surface area (Å²) in [7, 11) is 2.23. The Kier molecular flexibility index (Phi) is 5.93. The minimum atomic E-state index is 0.936. The molecule has 3 nitrogen and oxygen atoms in total. The van der Waals surface area contributed by atoms with Crippen LogP contribution >= 0.6 is 0 Å². The van der Waals surface area contributed by atoms with Gasteiger partial charge in [0.15, 0.2) is 0 Å². The first kappa shape index (κ1) is 14.6. The Hall–Kier alpha value is -0.800. The maximum atomic E-state index is 3.61. The van der Waals surface area contributed by atoms with Gasteiger partial charge in [-0.2, -0.15) is 0 Å². The largest absolute Gasteiger partial charge is 0.350 e. The van der Waals surface area contributed by atoms with Crippen LogP contribution in [0.25, 0.3) is 0 Å². The van der Waals surface area contributed by atoms with Crippen LogP contribution in [0.1, 0.15) is 38.3 Å². The number of aryl methyl sites for hydroxylation is 1. The molecule has 0 unspecified atom stereocenters. The molecule has 0 amide bonds. The van der Waals surface area contributed by atoms with E-state index in [9.17, 15) is 0 Å². The van der Waals surface area contributed by atoms with Crippen LogP contribution in [-0.2, 0) is 13.1 Å². The highest BCUT2D eigenvalue weighted by Crippen LogP contribution is 2.18. The molecule has 3 heteroatoms. The van der Waals surface area contributed by atoms with Crippen LogP contribution in [0.5, 0.6) is 0 Å². The molecule has 1 fully saturated rings. The fourth-order valence-corrected chi connectivity index (χ4v) is 2.94. The van der Waals surface area contributed by atoms with Gasteiger partial charge in [0.05, 0.1) is 0 Å². The number of hydrogen-bond donors (Lipinski definition) is 1. The summed E-state index contributed by atoms with van der Waals surface area (Å²) in [5.74, 6) is 0.936. The molecule has 1 aromatic heterocycles. The van der Waals surface area contributed by atoms with E-state index in [0.717, 1.165) is 25.6 Å². The molecule has 1 aliphatic rings. The monoisotopic (exact) mass is 263 g/mol. The molecule has 0 atom stereocenters. The predicted molar refractivity (Wildman–Crippen MR) is 81.3 cm³/mol. The quantitative estimate of drug-likeness (QED) is 0.763. The average Bonchev–Trinajstić information content (AvgIpc) is 2.85. The first-order valence-electron chi connectivity index (χ1n) is 7.83. The van der Waals surface area contributed by atoms with Crippen molar-refractivity contribution in [2.45, 2.75) is 45.7 Å². The van der Waals surface area contributed by atoms with E-state index in [4.69, 9.17) is 0 Å². The van der Waals surface area contributed by atoms with Crippen LogP contribution in [0.15, 0.2) is 18.3 Å². The molecule has 0 aromatic carbocycles.